The monoisotopic (exact) mass is 402 g/mol. The van der Waals surface area contributed by atoms with Gasteiger partial charge in [-0.15, -0.1) is 0 Å². The van der Waals surface area contributed by atoms with Crippen LogP contribution in [0.15, 0.2) is 52.5 Å². The summed E-state index contributed by atoms with van der Waals surface area (Å²) in [7, 11) is -3.76. The molecule has 2 heterocycles. The van der Waals surface area contributed by atoms with Crippen molar-refractivity contribution in [2.75, 3.05) is 10.7 Å². The Morgan fingerprint density at radius 2 is 2.11 bits per heavy atom. The minimum absolute atomic E-state index is 0.0421. The second kappa shape index (κ2) is 6.66. The summed E-state index contributed by atoms with van der Waals surface area (Å²) in [5.41, 5.74) is 3.35. The highest BCUT2D eigenvalue weighted by atomic mass is 32.2. The summed E-state index contributed by atoms with van der Waals surface area (Å²) in [5.74, 6) is 0.190. The minimum atomic E-state index is -3.76. The fourth-order valence-electron chi connectivity index (χ4n) is 3.36. The highest BCUT2D eigenvalue weighted by Gasteiger charge is 2.31. The first-order chi connectivity index (χ1) is 12.8. The molecule has 9 heteroatoms. The van der Waals surface area contributed by atoms with Crippen LogP contribution in [0.25, 0.3) is 11.0 Å². The Kier molecular flexibility index (Phi) is 4.45. The molecule has 0 saturated heterocycles. The van der Waals surface area contributed by atoms with Crippen molar-refractivity contribution in [1.29, 1.82) is 0 Å². The van der Waals surface area contributed by atoms with Crippen molar-refractivity contribution in [3.63, 3.8) is 0 Å². The molecule has 3 N–H and O–H groups in total. The molecule has 1 aliphatic heterocycles. The van der Waals surface area contributed by atoms with Gasteiger partial charge in [0.1, 0.15) is 0 Å². The van der Waals surface area contributed by atoms with Gasteiger partial charge < -0.3 is 9.88 Å². The van der Waals surface area contributed by atoms with Crippen molar-refractivity contribution in [3.8, 4) is 0 Å². The van der Waals surface area contributed by atoms with Crippen molar-refractivity contribution >= 4 is 44.4 Å². The van der Waals surface area contributed by atoms with E-state index in [0.29, 0.717) is 11.6 Å². The predicted octanol–water partition coefficient (Wildman–Crippen LogP) is 2.28. The van der Waals surface area contributed by atoms with Gasteiger partial charge in [-0.05, 0) is 49.2 Å². The molecule has 2 aromatic carbocycles. The number of primary sulfonamides is 1. The number of nitrogens with one attached hydrogen (secondary N) is 1. The van der Waals surface area contributed by atoms with E-state index in [2.05, 4.69) is 9.97 Å². The molecule has 1 unspecified atom stereocenters. The van der Waals surface area contributed by atoms with E-state index >= 15 is 0 Å². The van der Waals surface area contributed by atoms with Gasteiger partial charge >= 0.3 is 0 Å². The summed E-state index contributed by atoms with van der Waals surface area (Å²) >= 11 is 1.35. The molecule has 27 heavy (non-hydrogen) atoms. The molecule has 1 aromatic heterocycles. The zero-order valence-electron chi connectivity index (χ0n) is 14.5. The standard InChI is InChI=1S/C18H18N4O3S2/c1-11-8-12-9-13(27(19,24)25)6-7-16(12)22(11)17(23)10-26-18-20-14-4-2-3-5-15(14)21-18/h2-7,9,11H,8,10H2,1H3,(H,20,21)(H2,19,24,25). The average Bonchev–Trinajstić information content (AvgIpc) is 3.17. The van der Waals surface area contributed by atoms with E-state index in [1.807, 2.05) is 31.2 Å². The summed E-state index contributed by atoms with van der Waals surface area (Å²) in [4.78, 5) is 22.3. The van der Waals surface area contributed by atoms with Crippen LogP contribution in [0.4, 0.5) is 5.69 Å². The van der Waals surface area contributed by atoms with Crippen LogP contribution >= 0.6 is 11.8 Å². The van der Waals surface area contributed by atoms with E-state index in [0.717, 1.165) is 22.3 Å². The van der Waals surface area contributed by atoms with Crippen LogP contribution in [0.5, 0.6) is 0 Å². The van der Waals surface area contributed by atoms with E-state index in [-0.39, 0.29) is 22.6 Å². The molecular formula is C18H18N4O3S2. The number of aromatic amines is 1. The van der Waals surface area contributed by atoms with Crippen LogP contribution in [0.1, 0.15) is 12.5 Å². The lowest BCUT2D eigenvalue weighted by molar-refractivity contribution is -0.116. The first kappa shape index (κ1) is 18.0. The van der Waals surface area contributed by atoms with Crippen molar-refractivity contribution in [3.05, 3.63) is 48.0 Å². The molecule has 0 aliphatic carbocycles. The van der Waals surface area contributed by atoms with Gasteiger partial charge in [0.05, 0.1) is 21.7 Å². The lowest BCUT2D eigenvalue weighted by Gasteiger charge is -2.22. The van der Waals surface area contributed by atoms with Gasteiger partial charge in [0.15, 0.2) is 5.16 Å². The Morgan fingerprint density at radius 3 is 2.85 bits per heavy atom. The first-order valence-electron chi connectivity index (χ1n) is 8.38. The quantitative estimate of drug-likeness (QED) is 0.651. The molecule has 3 aromatic rings. The molecule has 140 valence electrons. The molecule has 1 aliphatic rings. The smallest absolute Gasteiger partial charge is 0.238 e. The lowest BCUT2D eigenvalue weighted by Crippen LogP contribution is -2.37. The van der Waals surface area contributed by atoms with E-state index in [1.54, 1.807) is 17.0 Å². The fourth-order valence-corrected chi connectivity index (χ4v) is 4.67. The Morgan fingerprint density at radius 1 is 1.33 bits per heavy atom. The number of aromatic nitrogens is 2. The second-order valence-corrected chi connectivity index (χ2v) is 9.03. The van der Waals surface area contributed by atoms with Crippen LogP contribution < -0.4 is 10.0 Å². The summed E-state index contributed by atoms with van der Waals surface area (Å²) < 4.78 is 23.1. The van der Waals surface area contributed by atoms with Crippen LogP contribution in [-0.4, -0.2) is 36.1 Å². The number of H-pyrrole nitrogens is 1. The number of para-hydroxylation sites is 2. The molecule has 0 bridgehead atoms. The maximum atomic E-state index is 12.8. The largest absolute Gasteiger partial charge is 0.333 e. The molecule has 0 radical (unpaired) electrons. The number of benzene rings is 2. The van der Waals surface area contributed by atoms with Gasteiger partial charge in [-0.3, -0.25) is 4.79 Å². The number of hydrogen-bond donors (Lipinski definition) is 2. The topological polar surface area (TPSA) is 109 Å². The molecule has 0 spiro atoms. The number of anilines is 1. The number of amides is 1. The number of carbonyl (C=O) groups excluding carboxylic acids is 1. The molecule has 0 fully saturated rings. The SMILES string of the molecule is CC1Cc2cc(S(N)(=O)=O)ccc2N1C(=O)CSc1nc2ccccc2[nH]1. The zero-order valence-corrected chi connectivity index (χ0v) is 16.2. The summed E-state index contributed by atoms with van der Waals surface area (Å²) in [6, 6.07) is 12.3. The fraction of sp³-hybridized carbons (Fsp3) is 0.222. The van der Waals surface area contributed by atoms with Crippen molar-refractivity contribution in [2.45, 2.75) is 29.4 Å². The normalized spacial score (nSPS) is 16.7. The van der Waals surface area contributed by atoms with Gasteiger partial charge in [0.25, 0.3) is 0 Å². The third-order valence-corrected chi connectivity index (χ3v) is 6.33. The number of hydrogen-bond acceptors (Lipinski definition) is 5. The number of nitrogens with two attached hydrogens (primary N) is 1. The Balaban J connectivity index is 1.52. The zero-order chi connectivity index (χ0) is 19.2. The van der Waals surface area contributed by atoms with Crippen LogP contribution in [0.3, 0.4) is 0 Å². The van der Waals surface area contributed by atoms with Crippen molar-refractivity contribution < 1.29 is 13.2 Å². The maximum Gasteiger partial charge on any atom is 0.238 e. The first-order valence-corrected chi connectivity index (χ1v) is 10.9. The molecular weight excluding hydrogens is 384 g/mol. The number of thioether (sulfide) groups is 1. The highest BCUT2D eigenvalue weighted by molar-refractivity contribution is 7.99. The van der Waals surface area contributed by atoms with Crippen LogP contribution in [-0.2, 0) is 21.2 Å². The predicted molar refractivity (Wildman–Crippen MR) is 105 cm³/mol. The summed E-state index contributed by atoms with van der Waals surface area (Å²) in [6.07, 6.45) is 0.597. The Labute approximate surface area is 161 Å². The number of carbonyl (C=O) groups is 1. The molecule has 1 amide bonds. The number of imidazole rings is 1. The molecule has 4 rings (SSSR count). The second-order valence-electron chi connectivity index (χ2n) is 6.50. The van der Waals surface area contributed by atoms with Gasteiger partial charge in [-0.2, -0.15) is 0 Å². The molecule has 7 nitrogen and oxygen atoms in total. The van der Waals surface area contributed by atoms with Gasteiger partial charge in [0.2, 0.25) is 15.9 Å². The van der Waals surface area contributed by atoms with Gasteiger partial charge in [-0.25, -0.2) is 18.5 Å². The Bertz CT molecular complexity index is 1110. The number of sulfonamides is 1. The van der Waals surface area contributed by atoms with Crippen LogP contribution in [0, 0.1) is 0 Å². The maximum absolute atomic E-state index is 12.8. The van der Waals surface area contributed by atoms with E-state index in [1.165, 1.54) is 17.8 Å². The summed E-state index contributed by atoms with van der Waals surface area (Å²) in [6.45, 7) is 1.94. The minimum Gasteiger partial charge on any atom is -0.333 e. The number of rotatable bonds is 4. The van der Waals surface area contributed by atoms with E-state index < -0.39 is 10.0 Å². The summed E-state index contributed by atoms with van der Waals surface area (Å²) in [5, 5.41) is 5.90. The van der Waals surface area contributed by atoms with E-state index in [9.17, 15) is 13.2 Å². The lowest BCUT2D eigenvalue weighted by atomic mass is 10.1. The van der Waals surface area contributed by atoms with Gasteiger partial charge in [-0.1, -0.05) is 23.9 Å². The van der Waals surface area contributed by atoms with Gasteiger partial charge in [0, 0.05) is 11.7 Å². The Hall–Kier alpha value is -2.36. The molecule has 1 atom stereocenters. The third kappa shape index (κ3) is 3.45. The number of fused-ring (bicyclic) bond motifs is 2. The third-order valence-electron chi connectivity index (χ3n) is 4.56. The average molecular weight is 403 g/mol. The van der Waals surface area contributed by atoms with Crippen molar-refractivity contribution in [2.24, 2.45) is 5.14 Å². The molecule has 0 saturated carbocycles. The highest BCUT2D eigenvalue weighted by Crippen LogP contribution is 2.34. The number of nitrogens with zero attached hydrogens (tertiary/aromatic N) is 2. The van der Waals surface area contributed by atoms with Crippen molar-refractivity contribution in [1.82, 2.24) is 9.97 Å². The van der Waals surface area contributed by atoms with Crippen LogP contribution in [0.2, 0.25) is 0 Å². The van der Waals surface area contributed by atoms with E-state index in [4.69, 9.17) is 5.14 Å².